The number of carboxylic acids is 1. The minimum absolute atomic E-state index is 0.103. The second kappa shape index (κ2) is 7.56. The molecule has 1 unspecified atom stereocenters. The first-order chi connectivity index (χ1) is 10.1. The van der Waals surface area contributed by atoms with Gasteiger partial charge >= 0.3 is 5.97 Å². The van der Waals surface area contributed by atoms with E-state index >= 15 is 0 Å². The molecular formula is C15H25N3O3. The Hall–Kier alpha value is -1.40. The van der Waals surface area contributed by atoms with E-state index in [9.17, 15) is 4.79 Å². The van der Waals surface area contributed by atoms with E-state index in [0.29, 0.717) is 12.5 Å². The SMILES string of the molecule is CCC(CNCc1cc(C(=O)O)nn1C)C1CCOCC1. The van der Waals surface area contributed by atoms with Crippen LogP contribution < -0.4 is 5.32 Å². The van der Waals surface area contributed by atoms with Crippen molar-refractivity contribution in [3.8, 4) is 0 Å². The summed E-state index contributed by atoms with van der Waals surface area (Å²) in [5, 5.41) is 16.4. The molecule has 0 amide bonds. The molecule has 0 saturated carbocycles. The third-order valence-corrected chi connectivity index (χ3v) is 4.37. The fourth-order valence-corrected chi connectivity index (χ4v) is 2.99. The Morgan fingerprint density at radius 3 is 2.86 bits per heavy atom. The third-order valence-electron chi connectivity index (χ3n) is 4.37. The molecule has 0 bridgehead atoms. The van der Waals surface area contributed by atoms with Crippen LogP contribution in [0.5, 0.6) is 0 Å². The second-order valence-corrected chi connectivity index (χ2v) is 5.70. The van der Waals surface area contributed by atoms with Gasteiger partial charge in [0, 0.05) is 26.8 Å². The van der Waals surface area contributed by atoms with Crippen LogP contribution in [0, 0.1) is 11.8 Å². The zero-order chi connectivity index (χ0) is 15.2. The topological polar surface area (TPSA) is 76.4 Å². The molecule has 1 aromatic heterocycles. The van der Waals surface area contributed by atoms with E-state index in [-0.39, 0.29) is 5.69 Å². The van der Waals surface area contributed by atoms with E-state index in [1.807, 2.05) is 0 Å². The first-order valence-corrected chi connectivity index (χ1v) is 7.66. The first kappa shape index (κ1) is 16.0. The summed E-state index contributed by atoms with van der Waals surface area (Å²) in [6, 6.07) is 1.63. The molecular weight excluding hydrogens is 270 g/mol. The van der Waals surface area contributed by atoms with Crippen molar-refractivity contribution in [1.82, 2.24) is 15.1 Å². The largest absolute Gasteiger partial charge is 0.476 e. The van der Waals surface area contributed by atoms with E-state index in [4.69, 9.17) is 9.84 Å². The van der Waals surface area contributed by atoms with Crippen LogP contribution in [0.2, 0.25) is 0 Å². The normalized spacial score (nSPS) is 17.8. The monoisotopic (exact) mass is 295 g/mol. The fourth-order valence-electron chi connectivity index (χ4n) is 2.99. The number of nitrogens with one attached hydrogen (secondary N) is 1. The van der Waals surface area contributed by atoms with Crippen molar-refractivity contribution in [2.75, 3.05) is 19.8 Å². The molecule has 1 atom stereocenters. The van der Waals surface area contributed by atoms with Gasteiger partial charge in [-0.25, -0.2) is 4.79 Å². The average Bonchev–Trinajstić information content (AvgIpc) is 2.86. The van der Waals surface area contributed by atoms with Crippen molar-refractivity contribution in [3.63, 3.8) is 0 Å². The minimum atomic E-state index is -0.981. The van der Waals surface area contributed by atoms with Gasteiger partial charge < -0.3 is 15.2 Å². The predicted octanol–water partition coefficient (Wildman–Crippen LogP) is 1.66. The molecule has 1 fully saturated rings. The summed E-state index contributed by atoms with van der Waals surface area (Å²) in [7, 11) is 1.78. The Labute approximate surface area is 125 Å². The Balaban J connectivity index is 1.83. The lowest BCUT2D eigenvalue weighted by atomic mass is 9.84. The van der Waals surface area contributed by atoms with Crippen LogP contribution in [0.15, 0.2) is 6.07 Å². The molecule has 1 aliphatic rings. The zero-order valence-electron chi connectivity index (χ0n) is 12.8. The Kier molecular flexibility index (Phi) is 5.76. The minimum Gasteiger partial charge on any atom is -0.476 e. The number of rotatable bonds is 7. The van der Waals surface area contributed by atoms with Crippen LogP contribution >= 0.6 is 0 Å². The highest BCUT2D eigenvalue weighted by Gasteiger charge is 2.22. The molecule has 0 aromatic carbocycles. The highest BCUT2D eigenvalue weighted by atomic mass is 16.5. The van der Waals surface area contributed by atoms with E-state index in [1.54, 1.807) is 17.8 Å². The Morgan fingerprint density at radius 2 is 2.29 bits per heavy atom. The van der Waals surface area contributed by atoms with Crippen molar-refractivity contribution in [1.29, 1.82) is 0 Å². The lowest BCUT2D eigenvalue weighted by molar-refractivity contribution is 0.0456. The van der Waals surface area contributed by atoms with E-state index in [0.717, 1.165) is 50.6 Å². The molecule has 0 aliphatic carbocycles. The lowest BCUT2D eigenvalue weighted by Gasteiger charge is -2.29. The fraction of sp³-hybridized carbons (Fsp3) is 0.733. The number of aromatic carboxylic acids is 1. The number of ether oxygens (including phenoxy) is 1. The lowest BCUT2D eigenvalue weighted by Crippen LogP contribution is -2.31. The molecule has 0 spiro atoms. The van der Waals surface area contributed by atoms with Crippen LogP contribution in [-0.4, -0.2) is 40.6 Å². The second-order valence-electron chi connectivity index (χ2n) is 5.70. The number of aryl methyl sites for hydroxylation is 1. The summed E-state index contributed by atoms with van der Waals surface area (Å²) in [4.78, 5) is 10.9. The molecule has 0 radical (unpaired) electrons. The van der Waals surface area contributed by atoms with Gasteiger partial charge in [-0.3, -0.25) is 4.68 Å². The Morgan fingerprint density at radius 1 is 1.57 bits per heavy atom. The smallest absolute Gasteiger partial charge is 0.356 e. The molecule has 1 aromatic rings. The number of carbonyl (C=O) groups is 1. The van der Waals surface area contributed by atoms with Gasteiger partial charge in [0.2, 0.25) is 0 Å². The van der Waals surface area contributed by atoms with Gasteiger partial charge in [0.15, 0.2) is 5.69 Å². The van der Waals surface area contributed by atoms with Gasteiger partial charge in [0.25, 0.3) is 0 Å². The van der Waals surface area contributed by atoms with Crippen molar-refractivity contribution >= 4 is 5.97 Å². The van der Waals surface area contributed by atoms with Crippen LogP contribution in [0.3, 0.4) is 0 Å². The highest BCUT2D eigenvalue weighted by molar-refractivity contribution is 5.85. The van der Waals surface area contributed by atoms with Crippen molar-refractivity contribution < 1.29 is 14.6 Å². The van der Waals surface area contributed by atoms with E-state index in [2.05, 4.69) is 17.3 Å². The van der Waals surface area contributed by atoms with Gasteiger partial charge in [0.1, 0.15) is 0 Å². The van der Waals surface area contributed by atoms with Crippen LogP contribution in [0.25, 0.3) is 0 Å². The van der Waals surface area contributed by atoms with Gasteiger partial charge in [0.05, 0.1) is 5.69 Å². The van der Waals surface area contributed by atoms with E-state index < -0.39 is 5.97 Å². The molecule has 21 heavy (non-hydrogen) atoms. The summed E-state index contributed by atoms with van der Waals surface area (Å²) < 4.78 is 7.05. The highest BCUT2D eigenvalue weighted by Crippen LogP contribution is 2.25. The molecule has 2 N–H and O–H groups in total. The molecule has 1 aliphatic heterocycles. The summed E-state index contributed by atoms with van der Waals surface area (Å²) >= 11 is 0. The number of carboxylic acid groups (broad SMARTS) is 1. The third kappa shape index (κ3) is 4.28. The maximum absolute atomic E-state index is 10.9. The Bertz CT molecular complexity index is 467. The number of hydrogen-bond donors (Lipinski definition) is 2. The standard InChI is InChI=1S/C15H25N3O3/c1-3-11(12-4-6-21-7-5-12)9-16-10-13-8-14(15(19)20)17-18(13)2/h8,11-12,16H,3-7,9-10H2,1-2H3,(H,19,20). The summed E-state index contributed by atoms with van der Waals surface area (Å²) in [6.45, 7) is 5.59. The zero-order valence-corrected chi connectivity index (χ0v) is 12.8. The summed E-state index contributed by atoms with van der Waals surface area (Å²) in [6.07, 6.45) is 3.45. The maximum atomic E-state index is 10.9. The van der Waals surface area contributed by atoms with Gasteiger partial charge in [-0.2, -0.15) is 5.10 Å². The molecule has 6 heteroatoms. The molecule has 118 valence electrons. The van der Waals surface area contributed by atoms with Crippen molar-refractivity contribution in [2.45, 2.75) is 32.7 Å². The van der Waals surface area contributed by atoms with Gasteiger partial charge in [-0.1, -0.05) is 13.3 Å². The first-order valence-electron chi connectivity index (χ1n) is 7.66. The molecule has 2 heterocycles. The van der Waals surface area contributed by atoms with Crippen molar-refractivity contribution in [2.24, 2.45) is 18.9 Å². The summed E-state index contributed by atoms with van der Waals surface area (Å²) in [5.41, 5.74) is 1.00. The average molecular weight is 295 g/mol. The molecule has 1 saturated heterocycles. The quantitative estimate of drug-likeness (QED) is 0.800. The van der Waals surface area contributed by atoms with Crippen LogP contribution in [-0.2, 0) is 18.3 Å². The maximum Gasteiger partial charge on any atom is 0.356 e. The van der Waals surface area contributed by atoms with Gasteiger partial charge in [-0.15, -0.1) is 0 Å². The number of aromatic nitrogens is 2. The van der Waals surface area contributed by atoms with Crippen LogP contribution in [0.4, 0.5) is 0 Å². The summed E-state index contributed by atoms with van der Waals surface area (Å²) in [5.74, 6) is 0.406. The number of nitrogens with zero attached hydrogens (tertiary/aromatic N) is 2. The molecule has 6 nitrogen and oxygen atoms in total. The molecule has 2 rings (SSSR count). The van der Waals surface area contributed by atoms with Crippen LogP contribution in [0.1, 0.15) is 42.4 Å². The number of hydrogen-bond acceptors (Lipinski definition) is 4. The van der Waals surface area contributed by atoms with E-state index in [1.165, 1.54) is 0 Å². The van der Waals surface area contributed by atoms with Crippen molar-refractivity contribution in [3.05, 3.63) is 17.5 Å². The predicted molar refractivity (Wildman–Crippen MR) is 79.2 cm³/mol. The van der Waals surface area contributed by atoms with Gasteiger partial charge in [-0.05, 0) is 37.3 Å².